The Hall–Kier alpha value is -1.50. The summed E-state index contributed by atoms with van der Waals surface area (Å²) in [5.74, 6) is 1.31. The number of carbonyl (C=O) groups excluding carboxylic acids is 1. The number of nitrogens with one attached hydrogen (secondary N) is 2. The smallest absolute Gasteiger partial charge is 0.234 e. The van der Waals surface area contributed by atoms with Crippen LogP contribution in [0.15, 0.2) is 0 Å². The second kappa shape index (κ2) is 6.19. The van der Waals surface area contributed by atoms with Gasteiger partial charge in [0.15, 0.2) is 5.82 Å². The first-order valence-electron chi connectivity index (χ1n) is 8.71. The van der Waals surface area contributed by atoms with Crippen LogP contribution in [-0.4, -0.2) is 56.6 Å². The van der Waals surface area contributed by atoms with E-state index in [2.05, 4.69) is 51.6 Å². The van der Waals surface area contributed by atoms with Crippen molar-refractivity contribution in [1.82, 2.24) is 30.8 Å². The molecule has 0 radical (unpaired) electrons. The Balaban J connectivity index is 1.62. The third-order valence-corrected chi connectivity index (χ3v) is 5.61. The van der Waals surface area contributed by atoms with Gasteiger partial charge in [-0.1, -0.05) is 18.6 Å². The number of hydrogen-bond donors (Lipinski definition) is 2. The Kier molecular flexibility index (Phi) is 4.40. The average molecular weight is 320 g/mol. The van der Waals surface area contributed by atoms with Crippen LogP contribution in [0.25, 0.3) is 0 Å². The highest BCUT2D eigenvalue weighted by molar-refractivity contribution is 5.88. The Labute approximate surface area is 137 Å². The van der Waals surface area contributed by atoms with Crippen molar-refractivity contribution in [2.75, 3.05) is 19.6 Å². The van der Waals surface area contributed by atoms with E-state index in [1.165, 1.54) is 12.8 Å². The number of hydrogen-bond acceptors (Lipinski definition) is 5. The minimum Gasteiger partial charge on any atom is -0.353 e. The maximum Gasteiger partial charge on any atom is 0.234 e. The molecule has 7 heteroatoms. The van der Waals surface area contributed by atoms with E-state index in [1.54, 1.807) is 0 Å². The van der Waals surface area contributed by atoms with E-state index in [0.29, 0.717) is 12.4 Å². The second-order valence-electron chi connectivity index (χ2n) is 7.86. The molecule has 1 unspecified atom stereocenters. The van der Waals surface area contributed by atoms with Gasteiger partial charge in [0, 0.05) is 18.6 Å². The molecule has 1 atom stereocenters. The lowest BCUT2D eigenvalue weighted by Gasteiger charge is -2.44. The number of likely N-dealkylation sites (tertiary alicyclic amines) is 1. The Morgan fingerprint density at radius 2 is 2.22 bits per heavy atom. The Morgan fingerprint density at radius 3 is 2.78 bits per heavy atom. The van der Waals surface area contributed by atoms with Gasteiger partial charge in [0.2, 0.25) is 5.91 Å². The summed E-state index contributed by atoms with van der Waals surface area (Å²) in [6.45, 7) is 9.61. The SMILES string of the molecule is CC1CCCN(C(C)(C)CNC(=O)C2(c3nn[nH]n3)CCC2)C1. The first-order chi connectivity index (χ1) is 10.9. The molecule has 128 valence electrons. The molecule has 1 aliphatic carbocycles. The summed E-state index contributed by atoms with van der Waals surface area (Å²) in [5, 5.41) is 17.4. The largest absolute Gasteiger partial charge is 0.353 e. The molecule has 0 spiro atoms. The molecule has 2 heterocycles. The zero-order valence-corrected chi connectivity index (χ0v) is 14.4. The lowest BCUT2D eigenvalue weighted by molar-refractivity contribution is -0.131. The topological polar surface area (TPSA) is 86.8 Å². The van der Waals surface area contributed by atoms with Crippen molar-refractivity contribution < 1.29 is 4.79 Å². The first kappa shape index (κ1) is 16.4. The third kappa shape index (κ3) is 3.11. The van der Waals surface area contributed by atoms with Gasteiger partial charge in [-0.3, -0.25) is 9.69 Å². The average Bonchev–Trinajstić information content (AvgIpc) is 2.98. The van der Waals surface area contributed by atoms with Gasteiger partial charge in [-0.15, -0.1) is 10.2 Å². The summed E-state index contributed by atoms with van der Waals surface area (Å²) in [7, 11) is 0. The number of H-pyrrole nitrogens is 1. The Bertz CT molecular complexity index is 537. The molecule has 1 aromatic rings. The summed E-state index contributed by atoms with van der Waals surface area (Å²) in [6, 6.07) is 0. The summed E-state index contributed by atoms with van der Waals surface area (Å²) >= 11 is 0. The van der Waals surface area contributed by atoms with Crippen molar-refractivity contribution in [3.05, 3.63) is 5.82 Å². The molecule has 0 aromatic carbocycles. The fourth-order valence-corrected chi connectivity index (χ4v) is 3.76. The maximum atomic E-state index is 12.8. The highest BCUT2D eigenvalue weighted by atomic mass is 16.2. The van der Waals surface area contributed by atoms with Gasteiger partial charge in [0.05, 0.1) is 0 Å². The molecule has 1 saturated heterocycles. The van der Waals surface area contributed by atoms with Crippen LogP contribution in [0.4, 0.5) is 0 Å². The summed E-state index contributed by atoms with van der Waals surface area (Å²) in [4.78, 5) is 15.3. The van der Waals surface area contributed by atoms with Gasteiger partial charge in [0.25, 0.3) is 0 Å². The van der Waals surface area contributed by atoms with Gasteiger partial charge in [-0.05, 0) is 52.0 Å². The first-order valence-corrected chi connectivity index (χ1v) is 8.71. The van der Waals surface area contributed by atoms with E-state index in [9.17, 15) is 4.79 Å². The molecule has 1 amide bonds. The number of carbonyl (C=O) groups is 1. The fourth-order valence-electron chi connectivity index (χ4n) is 3.76. The minimum absolute atomic E-state index is 0.0352. The molecule has 23 heavy (non-hydrogen) atoms. The van der Waals surface area contributed by atoms with Crippen LogP contribution < -0.4 is 5.32 Å². The molecule has 2 N–H and O–H groups in total. The molecule has 1 saturated carbocycles. The van der Waals surface area contributed by atoms with Crippen LogP contribution in [0.1, 0.15) is 58.7 Å². The lowest BCUT2D eigenvalue weighted by atomic mass is 9.67. The van der Waals surface area contributed by atoms with Crippen molar-refractivity contribution in [2.45, 2.75) is 63.8 Å². The molecule has 2 aliphatic rings. The zero-order chi connectivity index (χ0) is 16.5. The normalized spacial score (nSPS) is 24.9. The van der Waals surface area contributed by atoms with Crippen LogP contribution in [0.2, 0.25) is 0 Å². The number of tetrazole rings is 1. The van der Waals surface area contributed by atoms with E-state index >= 15 is 0 Å². The van der Waals surface area contributed by atoms with E-state index in [1.807, 2.05) is 0 Å². The van der Waals surface area contributed by atoms with Crippen LogP contribution in [0, 0.1) is 5.92 Å². The summed E-state index contributed by atoms with van der Waals surface area (Å²) in [5.41, 5.74) is -0.606. The monoisotopic (exact) mass is 320 g/mol. The van der Waals surface area contributed by atoms with Gasteiger partial charge in [-0.25, -0.2) is 0 Å². The fraction of sp³-hybridized carbons (Fsp3) is 0.875. The van der Waals surface area contributed by atoms with Crippen LogP contribution in [-0.2, 0) is 10.2 Å². The number of nitrogens with zero attached hydrogens (tertiary/aromatic N) is 4. The van der Waals surface area contributed by atoms with Gasteiger partial charge in [0.1, 0.15) is 5.41 Å². The highest BCUT2D eigenvalue weighted by Gasteiger charge is 2.49. The molecule has 1 aromatic heterocycles. The number of rotatable bonds is 5. The summed E-state index contributed by atoms with van der Waals surface area (Å²) in [6.07, 6.45) is 5.19. The van der Waals surface area contributed by atoms with Crippen LogP contribution >= 0.6 is 0 Å². The molecular weight excluding hydrogens is 292 g/mol. The molecule has 2 fully saturated rings. The van der Waals surface area contributed by atoms with Crippen LogP contribution in [0.5, 0.6) is 0 Å². The van der Waals surface area contributed by atoms with Crippen molar-refractivity contribution in [3.63, 3.8) is 0 Å². The standard InChI is InChI=1S/C16H28N6O/c1-12-6-4-9-22(10-12)15(2,3)11-17-14(23)16(7-5-8-16)13-18-20-21-19-13/h12H,4-11H2,1-3H3,(H,17,23)(H,18,19,20,21). The van der Waals surface area contributed by atoms with Gasteiger partial charge < -0.3 is 5.32 Å². The predicted octanol–water partition coefficient (Wildman–Crippen LogP) is 1.25. The number of aromatic nitrogens is 4. The van der Waals surface area contributed by atoms with Crippen molar-refractivity contribution in [2.24, 2.45) is 5.92 Å². The molecule has 0 bridgehead atoms. The zero-order valence-electron chi connectivity index (χ0n) is 14.4. The second-order valence-corrected chi connectivity index (χ2v) is 7.86. The van der Waals surface area contributed by atoms with Crippen molar-refractivity contribution in [1.29, 1.82) is 0 Å². The van der Waals surface area contributed by atoms with Crippen molar-refractivity contribution >= 4 is 5.91 Å². The Morgan fingerprint density at radius 1 is 1.43 bits per heavy atom. The minimum atomic E-state index is -0.571. The molecule has 3 rings (SSSR count). The van der Waals surface area contributed by atoms with Gasteiger partial charge in [-0.2, -0.15) is 5.21 Å². The van der Waals surface area contributed by atoms with E-state index in [-0.39, 0.29) is 11.4 Å². The number of aromatic amines is 1. The van der Waals surface area contributed by atoms with Gasteiger partial charge >= 0.3 is 0 Å². The van der Waals surface area contributed by atoms with E-state index in [0.717, 1.165) is 38.3 Å². The molecule has 1 aliphatic heterocycles. The maximum absolute atomic E-state index is 12.8. The predicted molar refractivity (Wildman–Crippen MR) is 86.8 cm³/mol. The lowest BCUT2D eigenvalue weighted by Crippen LogP contribution is -2.58. The quantitative estimate of drug-likeness (QED) is 0.852. The number of amides is 1. The van der Waals surface area contributed by atoms with Crippen molar-refractivity contribution in [3.8, 4) is 0 Å². The highest BCUT2D eigenvalue weighted by Crippen LogP contribution is 2.42. The molecule has 7 nitrogen and oxygen atoms in total. The van der Waals surface area contributed by atoms with E-state index in [4.69, 9.17) is 0 Å². The summed E-state index contributed by atoms with van der Waals surface area (Å²) < 4.78 is 0. The van der Waals surface area contributed by atoms with Crippen LogP contribution in [0.3, 0.4) is 0 Å². The van der Waals surface area contributed by atoms with E-state index < -0.39 is 5.41 Å². The third-order valence-electron chi connectivity index (χ3n) is 5.61. The number of piperidine rings is 1. The molecular formula is C16H28N6O.